The third-order valence-corrected chi connectivity index (χ3v) is 4.76. The molecular formula is C14H24N+. The summed E-state index contributed by atoms with van der Waals surface area (Å²) in [7, 11) is 0. The molecule has 15 heavy (non-hydrogen) atoms. The van der Waals surface area contributed by atoms with Gasteiger partial charge in [0.2, 0.25) is 0 Å². The third kappa shape index (κ3) is 1.74. The average Bonchev–Trinajstić information content (AvgIpc) is 2.12. The Balaban J connectivity index is 1.81. The highest BCUT2D eigenvalue weighted by atomic mass is 14.9. The van der Waals surface area contributed by atoms with E-state index in [4.69, 9.17) is 0 Å². The number of hydrogen-bond acceptors (Lipinski definition) is 0. The molecule has 1 nitrogen and oxygen atoms in total. The van der Waals surface area contributed by atoms with Gasteiger partial charge in [0.1, 0.15) is 6.21 Å². The predicted molar refractivity (Wildman–Crippen MR) is 62.8 cm³/mol. The molecule has 0 unspecified atom stereocenters. The Morgan fingerprint density at radius 3 is 1.87 bits per heavy atom. The third-order valence-electron chi connectivity index (χ3n) is 4.76. The van der Waals surface area contributed by atoms with Gasteiger partial charge in [-0.2, -0.15) is 0 Å². The zero-order chi connectivity index (χ0) is 10.5. The summed E-state index contributed by atoms with van der Waals surface area (Å²) in [6.45, 7) is 4.54. The first kappa shape index (κ1) is 9.86. The van der Waals surface area contributed by atoms with Crippen molar-refractivity contribution in [3.8, 4) is 0 Å². The molecule has 4 rings (SSSR count). The van der Waals surface area contributed by atoms with Crippen LogP contribution in [0.5, 0.6) is 0 Å². The Hall–Kier alpha value is -0.330. The van der Waals surface area contributed by atoms with Crippen LogP contribution in [0.3, 0.4) is 0 Å². The summed E-state index contributed by atoms with van der Waals surface area (Å²) >= 11 is 0. The molecule has 0 aromatic rings. The van der Waals surface area contributed by atoms with Crippen LogP contribution >= 0.6 is 0 Å². The van der Waals surface area contributed by atoms with Gasteiger partial charge in [-0.25, -0.2) is 4.99 Å². The summed E-state index contributed by atoms with van der Waals surface area (Å²) in [5.74, 6) is 3.86. The minimum Gasteiger partial charge on any atom is -0.246 e. The zero-order valence-electron chi connectivity index (χ0n) is 10.1. The lowest BCUT2D eigenvalue weighted by Gasteiger charge is -2.52. The van der Waals surface area contributed by atoms with Gasteiger partial charge < -0.3 is 0 Å². The van der Waals surface area contributed by atoms with E-state index in [1.807, 2.05) is 0 Å². The lowest BCUT2D eigenvalue weighted by molar-refractivity contribution is -0.572. The van der Waals surface area contributed by atoms with Gasteiger partial charge in [-0.3, -0.25) is 0 Å². The summed E-state index contributed by atoms with van der Waals surface area (Å²) < 4.78 is 0. The molecule has 0 atom stereocenters. The van der Waals surface area contributed by atoms with Crippen LogP contribution < -0.4 is 4.99 Å². The van der Waals surface area contributed by atoms with E-state index >= 15 is 0 Å². The molecule has 1 N–H and O–H groups in total. The van der Waals surface area contributed by atoms with Crippen LogP contribution in [0.4, 0.5) is 0 Å². The van der Waals surface area contributed by atoms with Gasteiger partial charge in [0.05, 0.1) is 0 Å². The van der Waals surface area contributed by atoms with Crippen LogP contribution in [0.1, 0.15) is 52.4 Å². The summed E-state index contributed by atoms with van der Waals surface area (Å²) in [5.41, 5.74) is 0.527. The Morgan fingerprint density at radius 1 is 1.00 bits per heavy atom. The Kier molecular flexibility index (Phi) is 2.19. The summed E-state index contributed by atoms with van der Waals surface area (Å²) in [6, 6.07) is 0. The van der Waals surface area contributed by atoms with Crippen molar-refractivity contribution in [1.29, 1.82) is 0 Å². The van der Waals surface area contributed by atoms with Gasteiger partial charge in [-0.05, 0) is 37.0 Å². The minimum atomic E-state index is 0.527. The van der Waals surface area contributed by atoms with E-state index in [2.05, 4.69) is 25.1 Å². The zero-order valence-corrected chi connectivity index (χ0v) is 10.1. The van der Waals surface area contributed by atoms with Gasteiger partial charge in [0, 0.05) is 25.2 Å². The Labute approximate surface area is 93.4 Å². The smallest absolute Gasteiger partial charge is 0.160 e. The van der Waals surface area contributed by atoms with E-state index in [1.54, 1.807) is 19.3 Å². The minimum absolute atomic E-state index is 0.527. The maximum Gasteiger partial charge on any atom is 0.160 e. The highest BCUT2D eigenvalue weighted by Crippen LogP contribution is 2.53. The number of hydrogen-bond donors (Lipinski definition) is 1. The SMILES string of the molecule is CC(C)C=[NH+]C12CC3CC(CC(C3)C1)C2. The van der Waals surface area contributed by atoms with Crippen molar-refractivity contribution in [3.05, 3.63) is 0 Å². The topological polar surface area (TPSA) is 14.0 Å². The second kappa shape index (κ2) is 3.33. The van der Waals surface area contributed by atoms with Crippen molar-refractivity contribution in [3.63, 3.8) is 0 Å². The van der Waals surface area contributed by atoms with Gasteiger partial charge in [-0.15, -0.1) is 0 Å². The fourth-order valence-electron chi connectivity index (χ4n) is 4.63. The van der Waals surface area contributed by atoms with Crippen LogP contribution in [0.25, 0.3) is 0 Å². The molecule has 0 heterocycles. The van der Waals surface area contributed by atoms with E-state index < -0.39 is 0 Å². The molecule has 0 spiro atoms. The van der Waals surface area contributed by atoms with Gasteiger partial charge in [-0.1, -0.05) is 13.8 Å². The lowest BCUT2D eigenvalue weighted by Crippen LogP contribution is -2.88. The van der Waals surface area contributed by atoms with E-state index in [9.17, 15) is 0 Å². The first-order valence-electron chi connectivity index (χ1n) is 6.76. The monoisotopic (exact) mass is 206 g/mol. The quantitative estimate of drug-likeness (QED) is 0.662. The number of rotatable bonds is 2. The van der Waals surface area contributed by atoms with Crippen LogP contribution in [-0.2, 0) is 0 Å². The van der Waals surface area contributed by atoms with Crippen molar-refractivity contribution < 1.29 is 4.99 Å². The molecule has 1 heteroatoms. The molecule has 4 saturated carbocycles. The summed E-state index contributed by atoms with van der Waals surface area (Å²) in [4.78, 5) is 3.80. The first-order valence-corrected chi connectivity index (χ1v) is 6.76. The van der Waals surface area contributed by atoms with Crippen LogP contribution in [0, 0.1) is 23.7 Å². The van der Waals surface area contributed by atoms with E-state index in [1.165, 1.54) is 19.3 Å². The van der Waals surface area contributed by atoms with Gasteiger partial charge >= 0.3 is 0 Å². The van der Waals surface area contributed by atoms with Gasteiger partial charge in [0.25, 0.3) is 0 Å². The molecule has 0 aromatic carbocycles. The first-order chi connectivity index (χ1) is 7.15. The van der Waals surface area contributed by atoms with Crippen molar-refractivity contribution in [2.24, 2.45) is 23.7 Å². The highest BCUT2D eigenvalue weighted by Gasteiger charge is 2.54. The molecule has 4 fully saturated rings. The molecular weight excluding hydrogens is 182 g/mol. The second-order valence-electron chi connectivity index (χ2n) is 6.75. The Morgan fingerprint density at radius 2 is 1.47 bits per heavy atom. The number of nitrogens with one attached hydrogen (secondary N) is 1. The predicted octanol–water partition coefficient (Wildman–Crippen LogP) is 1.76. The fraction of sp³-hybridized carbons (Fsp3) is 0.929. The van der Waals surface area contributed by atoms with Crippen molar-refractivity contribution in [1.82, 2.24) is 0 Å². The Bertz CT molecular complexity index is 242. The van der Waals surface area contributed by atoms with Crippen LogP contribution in [0.15, 0.2) is 0 Å². The normalized spacial score (nSPS) is 48.3. The standard InChI is InChI=1S/C14H23N/c1-10(2)9-15-14-6-11-3-12(7-14)5-13(4-11)8-14/h9-13H,3-8H2,1-2H3/p+1. The highest BCUT2D eigenvalue weighted by molar-refractivity contribution is 5.52. The largest absolute Gasteiger partial charge is 0.246 e. The molecule has 0 saturated heterocycles. The molecule has 0 aliphatic heterocycles. The van der Waals surface area contributed by atoms with E-state index in [0.717, 1.165) is 17.8 Å². The fourth-order valence-corrected chi connectivity index (χ4v) is 4.63. The second-order valence-corrected chi connectivity index (χ2v) is 6.75. The van der Waals surface area contributed by atoms with Gasteiger partial charge in [0.15, 0.2) is 5.54 Å². The molecule has 84 valence electrons. The van der Waals surface area contributed by atoms with Crippen LogP contribution in [-0.4, -0.2) is 11.8 Å². The molecule has 0 amide bonds. The summed E-state index contributed by atoms with van der Waals surface area (Å²) in [5, 5.41) is 0. The maximum absolute atomic E-state index is 3.80. The lowest BCUT2D eigenvalue weighted by atomic mass is 9.53. The van der Waals surface area contributed by atoms with Crippen molar-refractivity contribution in [2.45, 2.75) is 57.9 Å². The van der Waals surface area contributed by atoms with Crippen molar-refractivity contribution >= 4 is 6.21 Å². The van der Waals surface area contributed by atoms with E-state index in [-0.39, 0.29) is 0 Å². The molecule has 0 aromatic heterocycles. The molecule has 0 radical (unpaired) electrons. The average molecular weight is 206 g/mol. The molecule has 4 aliphatic rings. The maximum atomic E-state index is 3.80. The molecule has 4 aliphatic carbocycles. The summed E-state index contributed by atoms with van der Waals surface area (Å²) in [6.07, 6.45) is 11.4. The molecule has 4 bridgehead atoms. The van der Waals surface area contributed by atoms with Crippen molar-refractivity contribution in [2.75, 3.05) is 0 Å². The van der Waals surface area contributed by atoms with Crippen LogP contribution in [0.2, 0.25) is 0 Å². The van der Waals surface area contributed by atoms with E-state index in [0.29, 0.717) is 11.5 Å².